The number of hydrogen-bond acceptors (Lipinski definition) is 5. The Balaban J connectivity index is 0. The van der Waals surface area contributed by atoms with E-state index in [1.54, 1.807) is 0 Å². The number of unbranched alkanes of at least 4 members (excludes halogenated alkanes) is 1. The molecule has 0 aliphatic carbocycles. The third-order valence-corrected chi connectivity index (χ3v) is 2.47. The van der Waals surface area contributed by atoms with Crippen LogP contribution in [0.5, 0.6) is 0 Å². The van der Waals surface area contributed by atoms with Gasteiger partial charge in [0.15, 0.2) is 0 Å². The molecule has 0 aliphatic rings. The van der Waals surface area contributed by atoms with Crippen LogP contribution in [-0.4, -0.2) is 76.8 Å². The van der Waals surface area contributed by atoms with Gasteiger partial charge in [0.25, 0.3) is 0 Å². The van der Waals surface area contributed by atoms with Gasteiger partial charge in [-0.05, 0) is 47.0 Å². The van der Waals surface area contributed by atoms with Gasteiger partial charge in [-0.2, -0.15) is 0 Å². The summed E-state index contributed by atoms with van der Waals surface area (Å²) in [6.45, 7) is 10.4. The van der Waals surface area contributed by atoms with E-state index in [4.69, 9.17) is 14.6 Å². The first kappa shape index (κ1) is 22.1. The Hall–Kier alpha value is -0.200. The number of nitrogens with zero attached hydrogens (tertiary/aromatic N) is 1. The third kappa shape index (κ3) is 26.4. The molecule has 0 saturated heterocycles. The Bertz CT molecular complexity index is 148. The van der Waals surface area contributed by atoms with Crippen LogP contribution in [0.2, 0.25) is 0 Å². The van der Waals surface area contributed by atoms with Crippen LogP contribution in [0.15, 0.2) is 0 Å². The van der Waals surface area contributed by atoms with Crippen molar-refractivity contribution in [3.63, 3.8) is 0 Å². The summed E-state index contributed by atoms with van der Waals surface area (Å²) in [5.41, 5.74) is 0. The van der Waals surface area contributed by atoms with Crippen molar-refractivity contribution in [1.82, 2.24) is 10.2 Å². The van der Waals surface area contributed by atoms with Gasteiger partial charge >= 0.3 is 0 Å². The van der Waals surface area contributed by atoms with Crippen molar-refractivity contribution in [1.29, 1.82) is 0 Å². The molecule has 0 atom stereocenters. The van der Waals surface area contributed by atoms with E-state index in [0.29, 0.717) is 6.61 Å². The van der Waals surface area contributed by atoms with Gasteiger partial charge in [-0.15, -0.1) is 0 Å². The van der Waals surface area contributed by atoms with Gasteiger partial charge in [0.05, 0.1) is 19.8 Å². The number of rotatable bonds is 13. The predicted octanol–water partition coefficient (Wildman–Crippen LogP) is 1.36. The fraction of sp³-hybridized carbons (Fsp3) is 1.00. The van der Waals surface area contributed by atoms with Crippen molar-refractivity contribution in [3.05, 3.63) is 0 Å². The lowest BCUT2D eigenvalue weighted by molar-refractivity contribution is 0.0907. The van der Waals surface area contributed by atoms with Crippen LogP contribution in [0.4, 0.5) is 0 Å². The summed E-state index contributed by atoms with van der Waals surface area (Å²) in [6, 6.07) is 0. The van der Waals surface area contributed by atoms with Crippen LogP contribution in [0, 0.1) is 0 Å². The van der Waals surface area contributed by atoms with Gasteiger partial charge in [0.2, 0.25) is 0 Å². The Morgan fingerprint density at radius 2 is 1.65 bits per heavy atom. The summed E-state index contributed by atoms with van der Waals surface area (Å²) < 4.78 is 10.2. The Labute approximate surface area is 125 Å². The first-order valence-corrected chi connectivity index (χ1v) is 7.80. The SMILES string of the molecule is CCCCNCCCOCCO.CCOCCN(C)C. The minimum absolute atomic E-state index is 0.128. The number of likely N-dealkylation sites (N-methyl/N-ethyl adjacent to an activating group) is 1. The zero-order chi connectivity index (χ0) is 15.5. The molecular weight excluding hydrogens is 256 g/mol. The average molecular weight is 292 g/mol. The molecule has 0 unspecified atom stereocenters. The summed E-state index contributed by atoms with van der Waals surface area (Å²) in [5, 5.41) is 11.7. The highest BCUT2D eigenvalue weighted by molar-refractivity contribution is 4.46. The van der Waals surface area contributed by atoms with E-state index < -0.39 is 0 Å². The lowest BCUT2D eigenvalue weighted by Crippen LogP contribution is -2.18. The van der Waals surface area contributed by atoms with E-state index in [9.17, 15) is 0 Å². The van der Waals surface area contributed by atoms with E-state index in [2.05, 4.69) is 17.1 Å². The monoisotopic (exact) mass is 292 g/mol. The van der Waals surface area contributed by atoms with Crippen LogP contribution >= 0.6 is 0 Å². The molecule has 20 heavy (non-hydrogen) atoms. The zero-order valence-electron chi connectivity index (χ0n) is 14.0. The van der Waals surface area contributed by atoms with Crippen molar-refractivity contribution in [3.8, 4) is 0 Å². The minimum atomic E-state index is 0.128. The topological polar surface area (TPSA) is 54.0 Å². The number of aliphatic hydroxyl groups excluding tert-OH is 1. The molecule has 0 aromatic heterocycles. The van der Waals surface area contributed by atoms with Crippen molar-refractivity contribution < 1.29 is 14.6 Å². The van der Waals surface area contributed by atoms with Crippen molar-refractivity contribution in [2.75, 3.05) is 66.8 Å². The molecule has 0 radical (unpaired) electrons. The highest BCUT2D eigenvalue weighted by atomic mass is 16.5. The summed E-state index contributed by atoms with van der Waals surface area (Å²) >= 11 is 0. The number of aliphatic hydroxyl groups is 1. The van der Waals surface area contributed by atoms with E-state index in [1.165, 1.54) is 12.8 Å². The summed E-state index contributed by atoms with van der Waals surface area (Å²) in [7, 11) is 4.08. The van der Waals surface area contributed by atoms with Crippen molar-refractivity contribution >= 4 is 0 Å². The number of ether oxygens (including phenoxy) is 2. The molecule has 0 aromatic carbocycles. The van der Waals surface area contributed by atoms with Gasteiger partial charge in [-0.25, -0.2) is 0 Å². The summed E-state index contributed by atoms with van der Waals surface area (Å²) in [5.74, 6) is 0. The largest absolute Gasteiger partial charge is 0.394 e. The second-order valence-corrected chi connectivity index (χ2v) is 4.79. The van der Waals surface area contributed by atoms with Crippen LogP contribution in [-0.2, 0) is 9.47 Å². The molecule has 0 amide bonds. The maximum absolute atomic E-state index is 8.40. The van der Waals surface area contributed by atoms with Crippen molar-refractivity contribution in [2.45, 2.75) is 33.1 Å². The zero-order valence-corrected chi connectivity index (χ0v) is 14.0. The maximum Gasteiger partial charge on any atom is 0.0697 e. The average Bonchev–Trinajstić information content (AvgIpc) is 2.43. The van der Waals surface area contributed by atoms with Gasteiger partial charge in [-0.3, -0.25) is 0 Å². The Kier molecular flexibility index (Phi) is 23.3. The fourth-order valence-electron chi connectivity index (χ4n) is 1.28. The molecule has 2 N–H and O–H groups in total. The smallest absolute Gasteiger partial charge is 0.0697 e. The Morgan fingerprint density at radius 1 is 0.950 bits per heavy atom. The highest BCUT2D eigenvalue weighted by Gasteiger charge is 1.88. The lowest BCUT2D eigenvalue weighted by Gasteiger charge is -2.07. The lowest BCUT2D eigenvalue weighted by atomic mass is 10.3. The van der Waals surface area contributed by atoms with E-state index in [0.717, 1.165) is 45.9 Å². The molecule has 0 spiro atoms. The Morgan fingerprint density at radius 3 is 2.20 bits per heavy atom. The highest BCUT2D eigenvalue weighted by Crippen LogP contribution is 1.84. The van der Waals surface area contributed by atoms with Crippen LogP contribution in [0.3, 0.4) is 0 Å². The number of nitrogens with one attached hydrogen (secondary N) is 1. The molecular formula is C15H36N2O3. The molecule has 5 nitrogen and oxygen atoms in total. The van der Waals surface area contributed by atoms with Crippen LogP contribution in [0.25, 0.3) is 0 Å². The number of hydrogen-bond donors (Lipinski definition) is 2. The second-order valence-electron chi connectivity index (χ2n) is 4.79. The molecule has 0 aliphatic heterocycles. The normalized spacial score (nSPS) is 10.5. The first-order valence-electron chi connectivity index (χ1n) is 7.80. The molecule has 0 saturated carbocycles. The molecule has 0 bridgehead atoms. The van der Waals surface area contributed by atoms with Gasteiger partial charge in [-0.1, -0.05) is 13.3 Å². The van der Waals surface area contributed by atoms with E-state index in [-0.39, 0.29) is 6.61 Å². The predicted molar refractivity (Wildman–Crippen MR) is 85.3 cm³/mol. The van der Waals surface area contributed by atoms with Gasteiger partial charge in [0, 0.05) is 19.8 Å². The minimum Gasteiger partial charge on any atom is -0.394 e. The standard InChI is InChI=1S/C9H21NO2.C6H15NO/c1-2-3-5-10-6-4-8-12-9-7-11;1-4-8-6-5-7(2)3/h10-11H,2-9H2,1H3;4-6H2,1-3H3. The second kappa shape index (κ2) is 21.1. The third-order valence-electron chi connectivity index (χ3n) is 2.47. The summed E-state index contributed by atoms with van der Waals surface area (Å²) in [6.07, 6.45) is 3.52. The van der Waals surface area contributed by atoms with Crippen molar-refractivity contribution in [2.24, 2.45) is 0 Å². The molecule has 0 heterocycles. The molecule has 0 aromatic rings. The molecule has 0 rings (SSSR count). The quantitative estimate of drug-likeness (QED) is 0.502. The molecule has 0 fully saturated rings. The molecule has 5 heteroatoms. The molecule has 124 valence electrons. The van der Waals surface area contributed by atoms with E-state index >= 15 is 0 Å². The van der Waals surface area contributed by atoms with Crippen LogP contribution < -0.4 is 5.32 Å². The summed E-state index contributed by atoms with van der Waals surface area (Å²) in [4.78, 5) is 2.11. The first-order chi connectivity index (χ1) is 9.68. The fourth-order valence-corrected chi connectivity index (χ4v) is 1.28. The van der Waals surface area contributed by atoms with Gasteiger partial charge < -0.3 is 24.8 Å². The van der Waals surface area contributed by atoms with E-state index in [1.807, 2.05) is 21.0 Å². The van der Waals surface area contributed by atoms with Crippen LogP contribution in [0.1, 0.15) is 33.1 Å². The maximum atomic E-state index is 8.40. The van der Waals surface area contributed by atoms with Gasteiger partial charge in [0.1, 0.15) is 0 Å².